The van der Waals surface area contributed by atoms with E-state index in [0.717, 1.165) is 10.6 Å². The van der Waals surface area contributed by atoms with Gasteiger partial charge in [0.1, 0.15) is 0 Å². The maximum atomic E-state index is 13.8. The van der Waals surface area contributed by atoms with Gasteiger partial charge in [-0.05, 0) is 39.3 Å². The number of anilines is 1. The molecule has 0 fully saturated rings. The number of benzene rings is 2. The molecule has 2 aromatic rings. The first kappa shape index (κ1) is 20.7. The number of para-hydroxylation sites is 1. The smallest absolute Gasteiger partial charge is 0.435 e. The quantitative estimate of drug-likeness (QED) is 0.744. The van der Waals surface area contributed by atoms with Crippen LogP contribution in [-0.2, 0) is 31.3 Å². The number of amides is 2. The van der Waals surface area contributed by atoms with Crippen molar-refractivity contribution < 1.29 is 23.8 Å². The van der Waals surface area contributed by atoms with Crippen molar-refractivity contribution in [3.8, 4) is 0 Å². The van der Waals surface area contributed by atoms with Crippen LogP contribution < -0.4 is 4.90 Å². The first-order valence-electron chi connectivity index (χ1n) is 10.2. The Balaban J connectivity index is 1.79. The molecule has 1 spiro atoms. The molecule has 0 aliphatic carbocycles. The van der Waals surface area contributed by atoms with E-state index in [2.05, 4.69) is 5.10 Å². The Hall–Kier alpha value is -3.55. The number of nitrogens with zero attached hydrogens (tertiary/aromatic N) is 3. The van der Waals surface area contributed by atoms with E-state index < -0.39 is 23.8 Å². The third-order valence-electron chi connectivity index (χ3n) is 4.84. The van der Waals surface area contributed by atoms with E-state index >= 15 is 0 Å². The van der Waals surface area contributed by atoms with Crippen LogP contribution in [0.5, 0.6) is 0 Å². The van der Waals surface area contributed by atoms with Gasteiger partial charge >= 0.3 is 23.8 Å². The van der Waals surface area contributed by atoms with E-state index in [4.69, 9.17) is 14.2 Å². The monoisotopic (exact) mass is 423 g/mol. The Morgan fingerprint density at radius 1 is 1.03 bits per heavy atom. The summed E-state index contributed by atoms with van der Waals surface area (Å²) in [4.78, 5) is 28.4. The van der Waals surface area contributed by atoms with E-state index in [0.29, 0.717) is 17.8 Å². The molecule has 0 saturated carbocycles. The number of carbonyl (C=O) groups excluding carboxylic acids is 2. The molecular formula is C23H25N3O5. The average molecular weight is 423 g/mol. The molecule has 162 valence electrons. The SMILES string of the molecule is CC(C)OC(=O)N1N=C(OC(C)C)OC12C(=O)N(Cc1ccccc1)c1ccccc12. The summed E-state index contributed by atoms with van der Waals surface area (Å²) in [6.07, 6.45) is -1.60. The number of ether oxygens (including phenoxy) is 3. The third kappa shape index (κ3) is 3.58. The van der Waals surface area contributed by atoms with E-state index in [9.17, 15) is 9.59 Å². The molecule has 2 heterocycles. The van der Waals surface area contributed by atoms with Gasteiger partial charge in [-0.3, -0.25) is 4.79 Å². The second kappa shape index (κ2) is 7.94. The lowest BCUT2D eigenvalue weighted by atomic mass is 10.0. The lowest BCUT2D eigenvalue weighted by Crippen LogP contribution is -2.52. The summed E-state index contributed by atoms with van der Waals surface area (Å²) in [6.45, 7) is 7.38. The van der Waals surface area contributed by atoms with Gasteiger partial charge in [-0.15, -0.1) is 5.01 Å². The Morgan fingerprint density at radius 3 is 2.39 bits per heavy atom. The molecule has 0 aromatic heterocycles. The summed E-state index contributed by atoms with van der Waals surface area (Å²) >= 11 is 0. The van der Waals surface area contributed by atoms with Crippen molar-refractivity contribution in [3.63, 3.8) is 0 Å². The minimum Gasteiger partial charge on any atom is -0.447 e. The van der Waals surface area contributed by atoms with Gasteiger partial charge in [0.25, 0.3) is 0 Å². The Bertz CT molecular complexity index is 1020. The highest BCUT2D eigenvalue weighted by Crippen LogP contribution is 2.48. The largest absolute Gasteiger partial charge is 0.447 e. The van der Waals surface area contributed by atoms with Gasteiger partial charge in [-0.1, -0.05) is 53.6 Å². The molecule has 8 heteroatoms. The van der Waals surface area contributed by atoms with Gasteiger partial charge in [0.2, 0.25) is 0 Å². The number of hydrazone groups is 1. The second-order valence-electron chi connectivity index (χ2n) is 7.92. The maximum Gasteiger partial charge on any atom is 0.435 e. The summed E-state index contributed by atoms with van der Waals surface area (Å²) in [6, 6.07) is 16.8. The highest BCUT2D eigenvalue weighted by Gasteiger charge is 2.64. The minimum atomic E-state index is -1.82. The number of hydrogen-bond acceptors (Lipinski definition) is 6. The van der Waals surface area contributed by atoms with Crippen LogP contribution in [0, 0.1) is 0 Å². The molecule has 1 atom stereocenters. The minimum absolute atomic E-state index is 0.152. The number of rotatable bonds is 4. The number of carbonyl (C=O) groups is 2. The Labute approximate surface area is 181 Å². The van der Waals surface area contributed by atoms with Crippen molar-refractivity contribution in [1.82, 2.24) is 5.01 Å². The summed E-state index contributed by atoms with van der Waals surface area (Å²) < 4.78 is 17.0. The van der Waals surface area contributed by atoms with Crippen LogP contribution in [0.25, 0.3) is 0 Å². The molecule has 31 heavy (non-hydrogen) atoms. The van der Waals surface area contributed by atoms with Gasteiger partial charge in [0.05, 0.1) is 30.0 Å². The van der Waals surface area contributed by atoms with Gasteiger partial charge in [-0.2, -0.15) is 0 Å². The fourth-order valence-corrected chi connectivity index (χ4v) is 3.64. The van der Waals surface area contributed by atoms with E-state index in [1.54, 1.807) is 44.7 Å². The topological polar surface area (TPSA) is 80.7 Å². The van der Waals surface area contributed by atoms with Crippen LogP contribution in [0.3, 0.4) is 0 Å². The summed E-state index contributed by atoms with van der Waals surface area (Å²) in [5.74, 6) is -0.440. The maximum absolute atomic E-state index is 13.8. The zero-order chi connectivity index (χ0) is 22.2. The van der Waals surface area contributed by atoms with Gasteiger partial charge in [0.15, 0.2) is 0 Å². The molecule has 0 saturated heterocycles. The molecule has 2 aromatic carbocycles. The van der Waals surface area contributed by atoms with Gasteiger partial charge in [0, 0.05) is 0 Å². The molecule has 2 amide bonds. The molecule has 0 radical (unpaired) electrons. The lowest BCUT2D eigenvalue weighted by Gasteiger charge is -2.29. The molecule has 0 bridgehead atoms. The van der Waals surface area contributed by atoms with Crippen molar-refractivity contribution in [1.29, 1.82) is 0 Å². The van der Waals surface area contributed by atoms with Crippen LogP contribution in [0.2, 0.25) is 0 Å². The molecule has 2 aliphatic rings. The first-order chi connectivity index (χ1) is 14.8. The lowest BCUT2D eigenvalue weighted by molar-refractivity contribution is -0.149. The molecule has 4 rings (SSSR count). The van der Waals surface area contributed by atoms with Crippen LogP contribution >= 0.6 is 0 Å². The van der Waals surface area contributed by atoms with Crippen LogP contribution in [0.1, 0.15) is 38.8 Å². The normalized spacial score (nSPS) is 19.7. The van der Waals surface area contributed by atoms with Crippen LogP contribution in [-0.4, -0.2) is 35.3 Å². The Kier molecular flexibility index (Phi) is 5.31. The van der Waals surface area contributed by atoms with Crippen molar-refractivity contribution >= 4 is 23.8 Å². The van der Waals surface area contributed by atoms with Crippen LogP contribution in [0.4, 0.5) is 10.5 Å². The van der Waals surface area contributed by atoms with Crippen molar-refractivity contribution in [2.45, 2.75) is 52.2 Å². The molecular weight excluding hydrogens is 398 g/mol. The number of hydrogen-bond donors (Lipinski definition) is 0. The van der Waals surface area contributed by atoms with Crippen molar-refractivity contribution in [3.05, 3.63) is 65.7 Å². The van der Waals surface area contributed by atoms with Gasteiger partial charge in [-0.25, -0.2) is 4.79 Å². The zero-order valence-corrected chi connectivity index (χ0v) is 17.9. The first-order valence-corrected chi connectivity index (χ1v) is 10.2. The van der Waals surface area contributed by atoms with Crippen molar-refractivity contribution in [2.75, 3.05) is 4.90 Å². The number of fused-ring (bicyclic) bond motifs is 2. The molecule has 0 N–H and O–H groups in total. The second-order valence-corrected chi connectivity index (χ2v) is 7.92. The standard InChI is InChI=1S/C23H25N3O5/c1-15(2)29-21-24-26(22(28)30-16(3)4)23(31-21)18-12-8-9-13-19(18)25(20(23)27)14-17-10-6-5-7-11-17/h5-13,15-16H,14H2,1-4H3. The molecule has 1 unspecified atom stereocenters. The predicted molar refractivity (Wildman–Crippen MR) is 114 cm³/mol. The highest BCUT2D eigenvalue weighted by molar-refractivity contribution is 6.09. The van der Waals surface area contributed by atoms with Gasteiger partial charge < -0.3 is 19.1 Å². The van der Waals surface area contributed by atoms with E-state index in [-0.39, 0.29) is 12.2 Å². The summed E-state index contributed by atoms with van der Waals surface area (Å²) in [7, 11) is 0. The van der Waals surface area contributed by atoms with E-state index in [1.807, 2.05) is 42.5 Å². The molecule has 8 nitrogen and oxygen atoms in total. The van der Waals surface area contributed by atoms with Crippen molar-refractivity contribution in [2.24, 2.45) is 5.10 Å². The summed E-state index contributed by atoms with van der Waals surface area (Å²) in [5, 5.41) is 5.15. The molecule has 2 aliphatic heterocycles. The highest BCUT2D eigenvalue weighted by atomic mass is 16.7. The van der Waals surface area contributed by atoms with E-state index in [1.165, 1.54) is 0 Å². The average Bonchev–Trinajstić information content (AvgIpc) is 3.21. The third-order valence-corrected chi connectivity index (χ3v) is 4.84. The Morgan fingerprint density at radius 2 is 1.71 bits per heavy atom. The summed E-state index contributed by atoms with van der Waals surface area (Å²) in [5.41, 5.74) is 0.265. The fraction of sp³-hybridized carbons (Fsp3) is 0.348. The zero-order valence-electron chi connectivity index (χ0n) is 17.9. The van der Waals surface area contributed by atoms with Crippen LogP contribution in [0.15, 0.2) is 59.7 Å². The predicted octanol–water partition coefficient (Wildman–Crippen LogP) is 3.96. The fourth-order valence-electron chi connectivity index (χ4n) is 3.64.